The predicted molar refractivity (Wildman–Crippen MR) is 109 cm³/mol. The Morgan fingerprint density at radius 2 is 1.83 bits per heavy atom. The van der Waals surface area contributed by atoms with E-state index in [-0.39, 0.29) is 40.1 Å². The second-order valence-electron chi connectivity index (χ2n) is 6.40. The van der Waals surface area contributed by atoms with Crippen LogP contribution in [0.2, 0.25) is 0 Å². The summed E-state index contributed by atoms with van der Waals surface area (Å²) in [6.45, 7) is 5.48. The van der Waals surface area contributed by atoms with Crippen LogP contribution in [0.1, 0.15) is 41.5 Å². The van der Waals surface area contributed by atoms with Crippen molar-refractivity contribution in [3.05, 3.63) is 53.6 Å². The second kappa shape index (κ2) is 9.42. The van der Waals surface area contributed by atoms with Crippen LogP contribution < -0.4 is 14.8 Å². The minimum Gasteiger partial charge on any atom is -0.496 e. The largest absolute Gasteiger partial charge is 0.496 e. The van der Waals surface area contributed by atoms with Gasteiger partial charge < -0.3 is 14.8 Å². The number of ether oxygens (including phenoxy) is 2. The van der Waals surface area contributed by atoms with Crippen LogP contribution in [0, 0.1) is 0 Å². The van der Waals surface area contributed by atoms with Gasteiger partial charge in [-0.05, 0) is 57.2 Å². The van der Waals surface area contributed by atoms with Gasteiger partial charge in [-0.2, -0.15) is 0 Å². The maximum absolute atomic E-state index is 12.8. The average Bonchev–Trinajstić information content (AvgIpc) is 2.67. The summed E-state index contributed by atoms with van der Waals surface area (Å²) in [4.78, 5) is 24.1. The lowest BCUT2D eigenvalue weighted by Crippen LogP contribution is -2.30. The number of hydrogen-bond donors (Lipinski definition) is 2. The number of amides is 1. The smallest absolute Gasteiger partial charge is 0.338 e. The van der Waals surface area contributed by atoms with E-state index in [1.807, 2.05) is 0 Å². The van der Waals surface area contributed by atoms with E-state index in [1.54, 1.807) is 26.8 Å². The number of benzene rings is 2. The van der Waals surface area contributed by atoms with E-state index in [0.717, 1.165) is 0 Å². The molecule has 0 aliphatic rings. The molecule has 2 aromatic rings. The van der Waals surface area contributed by atoms with Crippen molar-refractivity contribution < 1.29 is 27.5 Å². The number of sulfonamides is 1. The molecular formula is C20H24N2O6S. The summed E-state index contributed by atoms with van der Waals surface area (Å²) in [5, 5.41) is 2.71. The van der Waals surface area contributed by atoms with E-state index in [4.69, 9.17) is 9.47 Å². The third-order valence-corrected chi connectivity index (χ3v) is 5.15. The van der Waals surface area contributed by atoms with E-state index in [9.17, 15) is 18.0 Å². The fourth-order valence-corrected chi connectivity index (χ4v) is 3.59. The van der Waals surface area contributed by atoms with Crippen molar-refractivity contribution in [3.63, 3.8) is 0 Å². The summed E-state index contributed by atoms with van der Waals surface area (Å²) in [6.07, 6.45) is 0. The van der Waals surface area contributed by atoms with E-state index in [1.165, 1.54) is 43.5 Å². The molecule has 0 spiro atoms. The first kappa shape index (κ1) is 22.2. The van der Waals surface area contributed by atoms with Crippen LogP contribution in [0.4, 0.5) is 5.69 Å². The van der Waals surface area contributed by atoms with Crippen molar-refractivity contribution in [2.75, 3.05) is 18.4 Å². The van der Waals surface area contributed by atoms with Gasteiger partial charge in [-0.15, -0.1) is 0 Å². The van der Waals surface area contributed by atoms with Gasteiger partial charge in [0, 0.05) is 11.7 Å². The van der Waals surface area contributed by atoms with Crippen LogP contribution in [-0.2, 0) is 14.8 Å². The van der Waals surface area contributed by atoms with Gasteiger partial charge >= 0.3 is 5.97 Å². The molecule has 156 valence electrons. The molecule has 0 fully saturated rings. The number of methoxy groups -OCH3 is 1. The first-order valence-corrected chi connectivity index (χ1v) is 10.4. The van der Waals surface area contributed by atoms with Gasteiger partial charge in [0.15, 0.2) is 0 Å². The lowest BCUT2D eigenvalue weighted by molar-refractivity contribution is 0.0526. The molecule has 0 saturated heterocycles. The number of nitrogens with one attached hydrogen (secondary N) is 2. The monoisotopic (exact) mass is 420 g/mol. The molecule has 0 radical (unpaired) electrons. The van der Waals surface area contributed by atoms with E-state index in [0.29, 0.717) is 0 Å². The van der Waals surface area contributed by atoms with Gasteiger partial charge in [0.1, 0.15) is 5.75 Å². The van der Waals surface area contributed by atoms with Crippen molar-refractivity contribution in [2.45, 2.75) is 31.7 Å². The Balaban J connectivity index is 2.35. The molecule has 0 aliphatic heterocycles. The highest BCUT2D eigenvalue weighted by molar-refractivity contribution is 7.92. The standard InChI is InChI=1S/C20H24N2O6S/c1-5-28-20(24)14-7-6-8-15(11-14)22-29(25,26)16-9-10-18(27-4)17(12-16)19(23)21-13(2)3/h6-13,22H,5H2,1-4H3,(H,21,23). The number of esters is 1. The third kappa shape index (κ3) is 5.71. The molecule has 0 unspecified atom stereocenters. The topological polar surface area (TPSA) is 111 Å². The van der Waals surface area contributed by atoms with Gasteiger partial charge in [-0.1, -0.05) is 6.07 Å². The molecule has 0 aliphatic carbocycles. The van der Waals surface area contributed by atoms with Gasteiger partial charge in [0.2, 0.25) is 0 Å². The van der Waals surface area contributed by atoms with E-state index < -0.39 is 21.9 Å². The highest BCUT2D eigenvalue weighted by Gasteiger charge is 2.21. The summed E-state index contributed by atoms with van der Waals surface area (Å²) in [5.74, 6) is -0.741. The summed E-state index contributed by atoms with van der Waals surface area (Å²) in [5.41, 5.74) is 0.516. The van der Waals surface area contributed by atoms with Crippen molar-refractivity contribution >= 4 is 27.6 Å². The number of hydrogen-bond acceptors (Lipinski definition) is 6. The Bertz CT molecular complexity index is 1000. The number of carbonyl (C=O) groups is 2. The molecule has 1 amide bonds. The minimum atomic E-state index is -4.02. The van der Waals surface area contributed by atoms with Crippen LogP contribution in [0.25, 0.3) is 0 Å². The van der Waals surface area contributed by atoms with Crippen LogP contribution in [0.5, 0.6) is 5.75 Å². The Hall–Kier alpha value is -3.07. The Kier molecular flexibility index (Phi) is 7.22. The summed E-state index contributed by atoms with van der Waals surface area (Å²) >= 11 is 0. The highest BCUT2D eigenvalue weighted by Crippen LogP contribution is 2.24. The molecule has 0 atom stereocenters. The van der Waals surface area contributed by atoms with Gasteiger partial charge in [-0.25, -0.2) is 13.2 Å². The zero-order chi connectivity index (χ0) is 21.6. The van der Waals surface area contributed by atoms with Crippen LogP contribution >= 0.6 is 0 Å². The molecular weight excluding hydrogens is 396 g/mol. The first-order valence-electron chi connectivity index (χ1n) is 8.96. The molecule has 0 heterocycles. The van der Waals surface area contributed by atoms with E-state index in [2.05, 4.69) is 10.0 Å². The van der Waals surface area contributed by atoms with Crippen molar-refractivity contribution in [1.29, 1.82) is 0 Å². The Labute approximate surface area is 170 Å². The average molecular weight is 420 g/mol. The number of carbonyl (C=O) groups excluding carboxylic acids is 2. The molecule has 0 saturated carbocycles. The van der Waals surface area contributed by atoms with Crippen LogP contribution in [0.15, 0.2) is 47.4 Å². The maximum atomic E-state index is 12.8. The molecule has 9 heteroatoms. The van der Waals surface area contributed by atoms with Gasteiger partial charge in [-0.3, -0.25) is 9.52 Å². The molecule has 2 N–H and O–H groups in total. The number of anilines is 1. The Morgan fingerprint density at radius 3 is 2.45 bits per heavy atom. The fraction of sp³-hybridized carbons (Fsp3) is 0.300. The summed E-state index contributed by atoms with van der Waals surface area (Å²) < 4.78 is 38.1. The third-order valence-electron chi connectivity index (χ3n) is 3.77. The lowest BCUT2D eigenvalue weighted by Gasteiger charge is -2.14. The van der Waals surface area contributed by atoms with Gasteiger partial charge in [0.05, 0.1) is 29.7 Å². The highest BCUT2D eigenvalue weighted by atomic mass is 32.2. The van der Waals surface area contributed by atoms with E-state index >= 15 is 0 Å². The summed E-state index contributed by atoms with van der Waals surface area (Å²) in [7, 11) is -2.62. The van der Waals surface area contributed by atoms with Gasteiger partial charge in [0.25, 0.3) is 15.9 Å². The molecule has 29 heavy (non-hydrogen) atoms. The SMILES string of the molecule is CCOC(=O)c1cccc(NS(=O)(=O)c2ccc(OC)c(C(=O)NC(C)C)c2)c1. The zero-order valence-corrected chi connectivity index (χ0v) is 17.5. The maximum Gasteiger partial charge on any atom is 0.338 e. The number of rotatable bonds is 8. The molecule has 2 aromatic carbocycles. The first-order chi connectivity index (χ1) is 13.7. The molecule has 2 rings (SSSR count). The van der Waals surface area contributed by atoms with Crippen molar-refractivity contribution in [2.24, 2.45) is 0 Å². The fourth-order valence-electron chi connectivity index (χ4n) is 2.51. The second-order valence-corrected chi connectivity index (χ2v) is 8.08. The van der Waals surface area contributed by atoms with Crippen molar-refractivity contribution in [1.82, 2.24) is 5.32 Å². The van der Waals surface area contributed by atoms with Crippen LogP contribution in [0.3, 0.4) is 0 Å². The lowest BCUT2D eigenvalue weighted by atomic mass is 10.2. The molecule has 0 aromatic heterocycles. The normalized spacial score (nSPS) is 11.1. The zero-order valence-electron chi connectivity index (χ0n) is 16.7. The Morgan fingerprint density at radius 1 is 1.10 bits per heavy atom. The molecule has 0 bridgehead atoms. The summed E-state index contributed by atoms with van der Waals surface area (Å²) in [6, 6.07) is 9.82. The quantitative estimate of drug-likeness (QED) is 0.636. The van der Waals surface area contributed by atoms with Crippen molar-refractivity contribution in [3.8, 4) is 5.75 Å². The minimum absolute atomic E-state index is 0.101. The predicted octanol–water partition coefficient (Wildman–Crippen LogP) is 2.81. The van der Waals surface area contributed by atoms with Crippen LogP contribution in [-0.4, -0.2) is 40.1 Å². The molecule has 8 nitrogen and oxygen atoms in total.